The maximum atomic E-state index is 12.5. The molecule has 18 nitrogen and oxygen atoms in total. The molecular weight excluding hydrogens is 865 g/mol. The van der Waals surface area contributed by atoms with Gasteiger partial charge in [0.1, 0.15) is 67.1 Å². The summed E-state index contributed by atoms with van der Waals surface area (Å²) >= 11 is 0. The van der Waals surface area contributed by atoms with Gasteiger partial charge in [-0.3, -0.25) is 0 Å². The first-order valence-corrected chi connectivity index (χ1v) is 24.3. The number of hydrogen-bond acceptors (Lipinski definition) is 18. The van der Waals surface area contributed by atoms with Gasteiger partial charge in [0.15, 0.2) is 18.9 Å². The van der Waals surface area contributed by atoms with Crippen molar-refractivity contribution in [2.45, 2.75) is 230 Å². The van der Waals surface area contributed by atoms with E-state index in [-0.39, 0.29) is 17.8 Å². The molecule has 7 fully saturated rings. The SMILES string of the molecule is CC(C)=CCC[C@](C)(O)[C@H]1CC[C@]2(C)[C@@H]1[C@H](O[C@@H]1O[C@H](CO)[C@@H](O)[C@H](O)[C@H]1O)C[C@@H]1[C@@]3(C)CC[C@H](O)C(C)(C)[C@@H]3[C@@H](O[C@@H]3O[C@H](CO)[C@@H](O)[C@H](O)[C@H]3O[C@@H]3O[C@@H](C)[C@H](O)[C@@H](O)[C@H]3O)C[C@]12C. The van der Waals surface area contributed by atoms with E-state index in [0.717, 1.165) is 5.57 Å². The lowest BCUT2D eigenvalue weighted by molar-refractivity contribution is -0.383. The maximum absolute atomic E-state index is 12.5. The molecule has 0 bridgehead atoms. The minimum Gasteiger partial charge on any atom is -0.394 e. The number of hydrogen-bond donors (Lipinski definition) is 12. The summed E-state index contributed by atoms with van der Waals surface area (Å²) in [7, 11) is 0. The van der Waals surface area contributed by atoms with Crippen LogP contribution in [0.2, 0.25) is 0 Å². The number of ether oxygens (including phenoxy) is 6. The average Bonchev–Trinajstić information content (AvgIpc) is 3.63. The zero-order valence-corrected chi connectivity index (χ0v) is 40.2. The van der Waals surface area contributed by atoms with Crippen molar-refractivity contribution in [3.63, 3.8) is 0 Å². The highest BCUT2D eigenvalue weighted by Gasteiger charge is 2.74. The van der Waals surface area contributed by atoms with Gasteiger partial charge in [-0.25, -0.2) is 0 Å². The minimum absolute atomic E-state index is 0.149. The summed E-state index contributed by atoms with van der Waals surface area (Å²) in [5.74, 6) is -1.24. The van der Waals surface area contributed by atoms with Crippen molar-refractivity contribution >= 4 is 0 Å². The Balaban J connectivity index is 1.31. The molecule has 0 spiro atoms. The molecule has 0 aromatic rings. The van der Waals surface area contributed by atoms with Crippen molar-refractivity contribution in [1.29, 1.82) is 0 Å². The van der Waals surface area contributed by atoms with E-state index in [1.165, 1.54) is 6.92 Å². The van der Waals surface area contributed by atoms with Crippen LogP contribution in [0.25, 0.3) is 0 Å². The standard InChI is InChI=1S/C48H82O18/c1-21(2)11-10-14-48(9,60)23-12-16-46(7)30(23)24(62-42-38(59)35(56)32(53)26(19-49)64-42)17-28-45(6)15-13-29(51)44(4,5)40(45)25(18-47(28,46)8)63-43-39(36(57)33(54)27(20-50)65-43)66-41-37(58)34(55)31(52)22(3)61-41/h11,22-43,49-60H,10,12-20H2,1-9H3/t22-,23-,24+,25-,26+,27+,28+,29-,30-,31-,32+,33+,34+,35-,36-,37+,38+,39+,40-,41-,42+,43+,45+,46+,47+,48-/m0/s1. The summed E-state index contributed by atoms with van der Waals surface area (Å²) in [6, 6.07) is 0. The first-order chi connectivity index (χ1) is 30.7. The van der Waals surface area contributed by atoms with Crippen LogP contribution in [-0.4, -0.2) is 191 Å². The molecule has 0 aromatic heterocycles. The average molecular weight is 947 g/mol. The van der Waals surface area contributed by atoms with Crippen LogP contribution in [0.1, 0.15) is 114 Å². The quantitative estimate of drug-likeness (QED) is 0.0904. The number of aliphatic hydroxyl groups is 12. The van der Waals surface area contributed by atoms with Crippen LogP contribution < -0.4 is 0 Å². The molecule has 3 heterocycles. The van der Waals surface area contributed by atoms with E-state index in [4.69, 9.17) is 28.4 Å². The molecule has 3 aliphatic heterocycles. The summed E-state index contributed by atoms with van der Waals surface area (Å²) in [5.41, 5.74) is -2.68. The van der Waals surface area contributed by atoms with Gasteiger partial charge in [0.2, 0.25) is 0 Å². The van der Waals surface area contributed by atoms with E-state index >= 15 is 0 Å². The third-order valence-electron chi connectivity index (χ3n) is 18.6. The van der Waals surface area contributed by atoms with E-state index in [2.05, 4.69) is 26.8 Å². The molecule has 0 amide bonds. The van der Waals surface area contributed by atoms with Crippen molar-refractivity contribution < 1.29 is 89.7 Å². The largest absolute Gasteiger partial charge is 0.394 e. The van der Waals surface area contributed by atoms with Crippen LogP contribution in [0.5, 0.6) is 0 Å². The fourth-order valence-corrected chi connectivity index (χ4v) is 14.8. The Morgan fingerprint density at radius 3 is 1.83 bits per heavy atom. The fourth-order valence-electron chi connectivity index (χ4n) is 14.8. The Bertz CT molecular complexity index is 1690. The molecule has 0 radical (unpaired) electrons. The molecule has 18 heteroatoms. The van der Waals surface area contributed by atoms with Crippen LogP contribution in [0, 0.1) is 45.3 Å². The Hall–Kier alpha value is -0.980. The molecule has 26 atom stereocenters. The van der Waals surface area contributed by atoms with Crippen LogP contribution in [0.4, 0.5) is 0 Å². The Morgan fingerprint density at radius 2 is 1.23 bits per heavy atom. The van der Waals surface area contributed by atoms with Gasteiger partial charge in [0.05, 0.1) is 43.2 Å². The van der Waals surface area contributed by atoms with Crippen molar-refractivity contribution in [3.8, 4) is 0 Å². The van der Waals surface area contributed by atoms with E-state index in [9.17, 15) is 61.3 Å². The van der Waals surface area contributed by atoms with Gasteiger partial charge < -0.3 is 89.7 Å². The van der Waals surface area contributed by atoms with Gasteiger partial charge in [-0.15, -0.1) is 0 Å². The van der Waals surface area contributed by atoms with Crippen molar-refractivity contribution in [3.05, 3.63) is 11.6 Å². The number of rotatable bonds is 12. The third kappa shape index (κ3) is 8.79. The molecule has 66 heavy (non-hydrogen) atoms. The summed E-state index contributed by atoms with van der Waals surface area (Å²) < 4.78 is 38.3. The first-order valence-electron chi connectivity index (χ1n) is 24.3. The van der Waals surface area contributed by atoms with Crippen molar-refractivity contribution in [2.75, 3.05) is 13.2 Å². The van der Waals surface area contributed by atoms with E-state index < -0.39 is 157 Å². The number of allylic oxidation sites excluding steroid dienone is 2. The van der Waals surface area contributed by atoms with E-state index in [0.29, 0.717) is 51.4 Å². The number of aliphatic hydroxyl groups excluding tert-OH is 11. The second-order valence-corrected chi connectivity index (χ2v) is 23.1. The molecule has 4 saturated carbocycles. The second kappa shape index (κ2) is 19.2. The number of fused-ring (bicyclic) bond motifs is 5. The maximum Gasteiger partial charge on any atom is 0.187 e. The lowest BCUT2D eigenvalue weighted by Gasteiger charge is -2.72. The van der Waals surface area contributed by atoms with Crippen LogP contribution in [0.3, 0.4) is 0 Å². The van der Waals surface area contributed by atoms with E-state index in [1.807, 2.05) is 34.6 Å². The van der Waals surface area contributed by atoms with Gasteiger partial charge in [-0.2, -0.15) is 0 Å². The molecule has 0 unspecified atom stereocenters. The minimum atomic E-state index is -1.76. The van der Waals surface area contributed by atoms with Gasteiger partial charge in [0, 0.05) is 0 Å². The van der Waals surface area contributed by atoms with Crippen LogP contribution in [0.15, 0.2) is 11.6 Å². The second-order valence-electron chi connectivity index (χ2n) is 23.1. The van der Waals surface area contributed by atoms with Gasteiger partial charge in [-0.05, 0) is 124 Å². The smallest absolute Gasteiger partial charge is 0.187 e. The molecular formula is C48H82O18. The molecule has 0 aromatic carbocycles. The van der Waals surface area contributed by atoms with E-state index in [1.54, 1.807) is 0 Å². The Morgan fingerprint density at radius 1 is 0.667 bits per heavy atom. The Kier molecular flexibility index (Phi) is 15.4. The first kappa shape index (κ1) is 52.8. The molecule has 3 saturated heterocycles. The van der Waals surface area contributed by atoms with Crippen molar-refractivity contribution in [2.24, 2.45) is 45.3 Å². The summed E-state index contributed by atoms with van der Waals surface area (Å²) in [6.45, 7) is 16.7. The molecule has 7 aliphatic rings. The van der Waals surface area contributed by atoms with Crippen LogP contribution in [-0.2, 0) is 28.4 Å². The lowest BCUT2D eigenvalue weighted by atomic mass is 9.34. The predicted octanol–water partition coefficient (Wildman–Crippen LogP) is -0.0284. The van der Waals surface area contributed by atoms with Gasteiger partial charge in [0.25, 0.3) is 0 Å². The third-order valence-corrected chi connectivity index (χ3v) is 18.6. The summed E-state index contributed by atoms with van der Waals surface area (Å²) in [6.07, 6.45) is -18.5. The summed E-state index contributed by atoms with van der Waals surface area (Å²) in [4.78, 5) is 0. The Labute approximate surface area is 388 Å². The lowest BCUT2D eigenvalue weighted by Crippen LogP contribution is -2.71. The zero-order valence-electron chi connectivity index (χ0n) is 40.2. The monoisotopic (exact) mass is 947 g/mol. The van der Waals surface area contributed by atoms with Crippen molar-refractivity contribution in [1.82, 2.24) is 0 Å². The van der Waals surface area contributed by atoms with Crippen LogP contribution >= 0.6 is 0 Å². The molecule has 12 N–H and O–H groups in total. The highest BCUT2D eigenvalue weighted by molar-refractivity contribution is 5.22. The fraction of sp³-hybridized carbons (Fsp3) is 0.958. The summed E-state index contributed by atoms with van der Waals surface area (Å²) in [5, 5.41) is 133. The molecule has 4 aliphatic carbocycles. The predicted molar refractivity (Wildman–Crippen MR) is 234 cm³/mol. The zero-order chi connectivity index (χ0) is 48.8. The normalized spacial score (nSPS) is 53.5. The highest BCUT2D eigenvalue weighted by Crippen LogP contribution is 2.76. The molecule has 382 valence electrons. The highest BCUT2D eigenvalue weighted by atomic mass is 16.8. The molecule has 7 rings (SSSR count). The van der Waals surface area contributed by atoms with Gasteiger partial charge >= 0.3 is 0 Å². The topological polar surface area (TPSA) is 298 Å². The van der Waals surface area contributed by atoms with Gasteiger partial charge in [-0.1, -0.05) is 46.3 Å².